The number of hydrogen-bond acceptors (Lipinski definition) is 4. The maximum absolute atomic E-state index is 5.11. The molecule has 1 heterocycles. The van der Waals surface area contributed by atoms with E-state index in [4.69, 9.17) is 9.47 Å². The van der Waals surface area contributed by atoms with Gasteiger partial charge in [0.15, 0.2) is 5.96 Å². The van der Waals surface area contributed by atoms with Gasteiger partial charge in [-0.2, -0.15) is 0 Å². The molecular weight excluding hydrogens is 256 g/mol. The van der Waals surface area contributed by atoms with Crippen LogP contribution >= 0.6 is 0 Å². The first-order valence-electron chi connectivity index (χ1n) is 6.72. The van der Waals surface area contributed by atoms with E-state index in [0.717, 1.165) is 18.1 Å². The molecule has 1 aromatic rings. The Bertz CT molecular complexity index is 423. The number of nitrogens with zero attached hydrogens (tertiary/aromatic N) is 2. The van der Waals surface area contributed by atoms with E-state index in [9.17, 15) is 0 Å². The van der Waals surface area contributed by atoms with Crippen LogP contribution in [-0.2, 0) is 11.3 Å². The third-order valence-corrected chi connectivity index (χ3v) is 2.57. The van der Waals surface area contributed by atoms with Crippen LogP contribution in [0.2, 0.25) is 0 Å². The van der Waals surface area contributed by atoms with Crippen LogP contribution in [0.15, 0.2) is 23.3 Å². The Balaban J connectivity index is 2.65. The Morgan fingerprint density at radius 1 is 1.45 bits per heavy atom. The van der Waals surface area contributed by atoms with Gasteiger partial charge in [-0.25, -0.2) is 9.98 Å². The maximum atomic E-state index is 5.11. The van der Waals surface area contributed by atoms with Gasteiger partial charge < -0.3 is 20.1 Å². The molecule has 0 aliphatic rings. The Kier molecular flexibility index (Phi) is 7.42. The number of nitrogens with one attached hydrogen (secondary N) is 2. The summed E-state index contributed by atoms with van der Waals surface area (Å²) in [5.74, 6) is 1.37. The molecule has 0 aliphatic carbocycles. The number of ether oxygens (including phenoxy) is 2. The van der Waals surface area contributed by atoms with Crippen LogP contribution < -0.4 is 15.4 Å². The summed E-state index contributed by atoms with van der Waals surface area (Å²) in [7, 11) is 3.29. The van der Waals surface area contributed by atoms with Crippen molar-refractivity contribution in [3.8, 4) is 5.88 Å². The lowest BCUT2D eigenvalue weighted by Crippen LogP contribution is -2.43. The van der Waals surface area contributed by atoms with Gasteiger partial charge in [0.25, 0.3) is 0 Å². The van der Waals surface area contributed by atoms with Crippen LogP contribution in [0.4, 0.5) is 0 Å². The SMILES string of the molecule is CCNC(=NCc1ccnc(OC)c1)NC(C)COC. The fourth-order valence-electron chi connectivity index (χ4n) is 1.68. The summed E-state index contributed by atoms with van der Waals surface area (Å²) in [4.78, 5) is 8.61. The number of aromatic nitrogens is 1. The lowest BCUT2D eigenvalue weighted by molar-refractivity contribution is 0.179. The summed E-state index contributed by atoms with van der Waals surface area (Å²) < 4.78 is 10.2. The van der Waals surface area contributed by atoms with Crippen molar-refractivity contribution in [1.29, 1.82) is 0 Å². The predicted octanol–water partition coefficient (Wildman–Crippen LogP) is 1.18. The Labute approximate surface area is 120 Å². The number of rotatable bonds is 7. The van der Waals surface area contributed by atoms with E-state index in [1.807, 2.05) is 26.0 Å². The van der Waals surface area contributed by atoms with Gasteiger partial charge in [0.2, 0.25) is 5.88 Å². The summed E-state index contributed by atoms with van der Waals surface area (Å²) in [6, 6.07) is 4.00. The number of guanidine groups is 1. The molecule has 0 fully saturated rings. The molecule has 1 unspecified atom stereocenters. The number of aliphatic imine (C=N–C) groups is 1. The molecule has 0 aliphatic heterocycles. The van der Waals surface area contributed by atoms with Gasteiger partial charge in [0, 0.05) is 32.0 Å². The predicted molar refractivity (Wildman–Crippen MR) is 80.1 cm³/mol. The molecule has 1 rings (SSSR count). The molecule has 0 saturated heterocycles. The van der Waals surface area contributed by atoms with Gasteiger partial charge in [-0.1, -0.05) is 0 Å². The monoisotopic (exact) mass is 280 g/mol. The van der Waals surface area contributed by atoms with Crippen molar-refractivity contribution in [2.24, 2.45) is 4.99 Å². The normalized spacial score (nSPS) is 12.9. The first kappa shape index (κ1) is 16.2. The zero-order valence-corrected chi connectivity index (χ0v) is 12.6. The third kappa shape index (κ3) is 5.88. The molecule has 112 valence electrons. The van der Waals surface area contributed by atoms with E-state index >= 15 is 0 Å². The second-order valence-corrected chi connectivity index (χ2v) is 4.40. The zero-order valence-electron chi connectivity index (χ0n) is 12.6. The summed E-state index contributed by atoms with van der Waals surface area (Å²) in [6.07, 6.45) is 1.72. The third-order valence-electron chi connectivity index (χ3n) is 2.57. The van der Waals surface area contributed by atoms with Crippen LogP contribution in [-0.4, -0.2) is 44.4 Å². The quantitative estimate of drug-likeness (QED) is 0.580. The zero-order chi connectivity index (χ0) is 14.8. The highest BCUT2D eigenvalue weighted by molar-refractivity contribution is 5.80. The molecule has 0 saturated carbocycles. The first-order chi connectivity index (χ1) is 9.69. The summed E-state index contributed by atoms with van der Waals surface area (Å²) in [5.41, 5.74) is 1.05. The van der Waals surface area contributed by atoms with Gasteiger partial charge in [-0.05, 0) is 25.5 Å². The van der Waals surface area contributed by atoms with Crippen LogP contribution in [0.5, 0.6) is 5.88 Å². The number of pyridine rings is 1. The maximum Gasteiger partial charge on any atom is 0.213 e. The standard InChI is InChI=1S/C14H24N4O2/c1-5-15-14(18-11(2)10-19-3)17-9-12-6-7-16-13(8-12)20-4/h6-8,11H,5,9-10H2,1-4H3,(H2,15,17,18). The van der Waals surface area contributed by atoms with Crippen LogP contribution in [0.25, 0.3) is 0 Å². The fraction of sp³-hybridized carbons (Fsp3) is 0.571. The molecule has 20 heavy (non-hydrogen) atoms. The van der Waals surface area contributed by atoms with Crippen molar-refractivity contribution in [3.63, 3.8) is 0 Å². The van der Waals surface area contributed by atoms with Crippen molar-refractivity contribution >= 4 is 5.96 Å². The first-order valence-corrected chi connectivity index (χ1v) is 6.72. The van der Waals surface area contributed by atoms with Crippen LogP contribution in [0.3, 0.4) is 0 Å². The molecule has 0 spiro atoms. The Morgan fingerprint density at radius 3 is 2.90 bits per heavy atom. The smallest absolute Gasteiger partial charge is 0.213 e. The fourth-order valence-corrected chi connectivity index (χ4v) is 1.68. The Hall–Kier alpha value is -1.82. The molecular formula is C14H24N4O2. The van der Waals surface area contributed by atoms with Gasteiger partial charge in [0.1, 0.15) is 0 Å². The van der Waals surface area contributed by atoms with Gasteiger partial charge in [-0.3, -0.25) is 0 Å². The lowest BCUT2D eigenvalue weighted by atomic mass is 10.3. The summed E-state index contributed by atoms with van der Waals surface area (Å²) in [5, 5.41) is 6.49. The second-order valence-electron chi connectivity index (χ2n) is 4.40. The molecule has 0 amide bonds. The highest BCUT2D eigenvalue weighted by Crippen LogP contribution is 2.09. The number of hydrogen-bond donors (Lipinski definition) is 2. The largest absolute Gasteiger partial charge is 0.481 e. The molecule has 1 aromatic heterocycles. The van der Waals surface area contributed by atoms with Crippen molar-refractivity contribution in [3.05, 3.63) is 23.9 Å². The Morgan fingerprint density at radius 2 is 2.25 bits per heavy atom. The van der Waals surface area contributed by atoms with Crippen molar-refractivity contribution < 1.29 is 9.47 Å². The van der Waals surface area contributed by atoms with E-state index in [1.54, 1.807) is 20.4 Å². The molecule has 1 atom stereocenters. The van der Waals surface area contributed by atoms with Crippen molar-refractivity contribution in [2.45, 2.75) is 26.4 Å². The van der Waals surface area contributed by atoms with Crippen molar-refractivity contribution in [1.82, 2.24) is 15.6 Å². The van der Waals surface area contributed by atoms with Crippen molar-refractivity contribution in [2.75, 3.05) is 27.4 Å². The minimum absolute atomic E-state index is 0.199. The van der Waals surface area contributed by atoms with E-state index in [0.29, 0.717) is 19.0 Å². The summed E-state index contributed by atoms with van der Waals surface area (Å²) in [6.45, 7) is 6.09. The van der Waals surface area contributed by atoms with Crippen LogP contribution in [0, 0.1) is 0 Å². The van der Waals surface area contributed by atoms with Gasteiger partial charge in [-0.15, -0.1) is 0 Å². The lowest BCUT2D eigenvalue weighted by Gasteiger charge is -2.17. The molecule has 6 nitrogen and oxygen atoms in total. The minimum Gasteiger partial charge on any atom is -0.481 e. The highest BCUT2D eigenvalue weighted by Gasteiger charge is 2.04. The molecule has 0 aromatic carbocycles. The van der Waals surface area contributed by atoms with Gasteiger partial charge >= 0.3 is 0 Å². The molecule has 0 radical (unpaired) electrons. The topological polar surface area (TPSA) is 67.8 Å². The summed E-state index contributed by atoms with van der Waals surface area (Å²) >= 11 is 0. The average Bonchev–Trinajstić information content (AvgIpc) is 2.45. The van der Waals surface area contributed by atoms with E-state index in [-0.39, 0.29) is 6.04 Å². The molecule has 2 N–H and O–H groups in total. The molecule has 0 bridgehead atoms. The van der Waals surface area contributed by atoms with E-state index in [2.05, 4.69) is 20.6 Å². The molecule has 6 heteroatoms. The van der Waals surface area contributed by atoms with Gasteiger partial charge in [0.05, 0.1) is 20.3 Å². The van der Waals surface area contributed by atoms with Crippen LogP contribution in [0.1, 0.15) is 19.4 Å². The van der Waals surface area contributed by atoms with E-state index < -0.39 is 0 Å². The minimum atomic E-state index is 0.199. The average molecular weight is 280 g/mol. The highest BCUT2D eigenvalue weighted by atomic mass is 16.5. The second kappa shape index (κ2) is 9.14. The van der Waals surface area contributed by atoms with E-state index in [1.165, 1.54) is 0 Å². The number of methoxy groups -OCH3 is 2.